The van der Waals surface area contributed by atoms with Crippen molar-refractivity contribution in [3.8, 4) is 11.3 Å². The Bertz CT molecular complexity index is 516. The first kappa shape index (κ1) is 11.0. The molecular formula is C11H9ClFN3. The number of nitrogens with two attached hydrogens (primary N) is 1. The molecule has 3 nitrogen and oxygen atoms in total. The van der Waals surface area contributed by atoms with Gasteiger partial charge in [-0.2, -0.15) is 0 Å². The van der Waals surface area contributed by atoms with Crippen molar-refractivity contribution in [1.29, 1.82) is 0 Å². The molecular weight excluding hydrogens is 229 g/mol. The quantitative estimate of drug-likeness (QED) is 0.873. The van der Waals surface area contributed by atoms with E-state index in [0.717, 1.165) is 0 Å². The molecule has 2 aromatic rings. The molecule has 0 saturated carbocycles. The monoisotopic (exact) mass is 237 g/mol. The Hall–Kier alpha value is -1.52. The Morgan fingerprint density at radius 1 is 1.31 bits per heavy atom. The van der Waals surface area contributed by atoms with Gasteiger partial charge in [-0.1, -0.05) is 11.6 Å². The zero-order chi connectivity index (χ0) is 11.5. The second kappa shape index (κ2) is 4.55. The van der Waals surface area contributed by atoms with Crippen LogP contribution in [0.3, 0.4) is 0 Å². The number of benzene rings is 1. The fraction of sp³-hybridized carbons (Fsp3) is 0.0909. The highest BCUT2D eigenvalue weighted by molar-refractivity contribution is 6.30. The van der Waals surface area contributed by atoms with E-state index in [1.165, 1.54) is 18.2 Å². The Labute approximate surface area is 97.1 Å². The summed E-state index contributed by atoms with van der Waals surface area (Å²) < 4.78 is 13.5. The number of hydrogen-bond donors (Lipinski definition) is 1. The van der Waals surface area contributed by atoms with Crippen LogP contribution in [0.1, 0.15) is 5.82 Å². The Kier molecular flexibility index (Phi) is 3.12. The number of halogens is 2. The summed E-state index contributed by atoms with van der Waals surface area (Å²) in [5.74, 6) is 0.1000. The molecule has 1 heterocycles. The summed E-state index contributed by atoms with van der Waals surface area (Å²) in [5.41, 5.74) is 6.25. The van der Waals surface area contributed by atoms with Crippen LogP contribution in [0.5, 0.6) is 0 Å². The summed E-state index contributed by atoms with van der Waals surface area (Å²) in [6.45, 7) is 0.218. The van der Waals surface area contributed by atoms with Crippen LogP contribution in [0.2, 0.25) is 5.02 Å². The minimum atomic E-state index is -0.369. The molecule has 0 fully saturated rings. The zero-order valence-electron chi connectivity index (χ0n) is 8.32. The van der Waals surface area contributed by atoms with Crippen LogP contribution < -0.4 is 5.73 Å². The molecule has 0 bridgehead atoms. The molecule has 0 spiro atoms. The van der Waals surface area contributed by atoms with Crippen LogP contribution >= 0.6 is 11.6 Å². The molecule has 0 amide bonds. The van der Waals surface area contributed by atoms with Gasteiger partial charge >= 0.3 is 0 Å². The standard InChI is InChI=1S/C11H9ClFN3/c12-7-1-2-9(13)8(5-7)10-3-4-15-11(6-14)16-10/h1-5H,6,14H2. The van der Waals surface area contributed by atoms with Crippen molar-refractivity contribution in [3.05, 3.63) is 47.1 Å². The SMILES string of the molecule is NCc1nccc(-c2cc(Cl)ccc2F)n1. The average molecular weight is 238 g/mol. The van der Waals surface area contributed by atoms with Gasteiger partial charge in [-0.15, -0.1) is 0 Å². The number of rotatable bonds is 2. The molecule has 0 aliphatic heterocycles. The van der Waals surface area contributed by atoms with Crippen molar-refractivity contribution in [2.45, 2.75) is 6.54 Å². The largest absolute Gasteiger partial charge is 0.324 e. The highest BCUT2D eigenvalue weighted by Gasteiger charge is 2.07. The highest BCUT2D eigenvalue weighted by atomic mass is 35.5. The van der Waals surface area contributed by atoms with Crippen LogP contribution in [0.15, 0.2) is 30.5 Å². The normalized spacial score (nSPS) is 10.4. The third-order valence-corrected chi connectivity index (χ3v) is 2.33. The van der Waals surface area contributed by atoms with Gasteiger partial charge in [-0.25, -0.2) is 14.4 Å². The first-order valence-corrected chi connectivity index (χ1v) is 5.06. The van der Waals surface area contributed by atoms with Gasteiger partial charge in [-0.05, 0) is 24.3 Å². The molecule has 0 unspecified atom stereocenters. The first-order valence-electron chi connectivity index (χ1n) is 4.68. The molecule has 1 aromatic carbocycles. The molecule has 0 atom stereocenters. The van der Waals surface area contributed by atoms with E-state index in [1.54, 1.807) is 12.3 Å². The predicted octanol–water partition coefficient (Wildman–Crippen LogP) is 2.39. The molecule has 0 aliphatic carbocycles. The molecule has 1 aromatic heterocycles. The van der Waals surface area contributed by atoms with E-state index in [-0.39, 0.29) is 12.4 Å². The van der Waals surface area contributed by atoms with Crippen molar-refractivity contribution in [1.82, 2.24) is 9.97 Å². The van der Waals surface area contributed by atoms with Gasteiger partial charge in [0.25, 0.3) is 0 Å². The minimum Gasteiger partial charge on any atom is -0.324 e. The van der Waals surface area contributed by atoms with E-state index < -0.39 is 0 Å². The summed E-state index contributed by atoms with van der Waals surface area (Å²) in [5, 5.41) is 0.462. The Balaban J connectivity index is 2.53. The van der Waals surface area contributed by atoms with Gasteiger partial charge in [0.2, 0.25) is 0 Å². The lowest BCUT2D eigenvalue weighted by Crippen LogP contribution is -2.03. The van der Waals surface area contributed by atoms with Gasteiger partial charge in [0, 0.05) is 16.8 Å². The lowest BCUT2D eigenvalue weighted by Gasteiger charge is -2.04. The zero-order valence-corrected chi connectivity index (χ0v) is 9.08. The fourth-order valence-electron chi connectivity index (χ4n) is 1.34. The Morgan fingerprint density at radius 2 is 2.12 bits per heavy atom. The molecule has 0 aliphatic rings. The first-order chi connectivity index (χ1) is 7.70. The maximum absolute atomic E-state index is 13.5. The third kappa shape index (κ3) is 2.18. The van der Waals surface area contributed by atoms with Gasteiger partial charge in [0.15, 0.2) is 0 Å². The summed E-state index contributed by atoms with van der Waals surface area (Å²) >= 11 is 5.81. The van der Waals surface area contributed by atoms with E-state index in [0.29, 0.717) is 22.1 Å². The molecule has 5 heteroatoms. The summed E-state index contributed by atoms with van der Waals surface area (Å²) in [4.78, 5) is 8.07. The maximum atomic E-state index is 13.5. The van der Waals surface area contributed by atoms with E-state index in [1.807, 2.05) is 0 Å². The lowest BCUT2D eigenvalue weighted by atomic mass is 10.1. The number of nitrogens with zero attached hydrogens (tertiary/aromatic N) is 2. The van der Waals surface area contributed by atoms with Crippen LogP contribution in [-0.2, 0) is 6.54 Å². The Morgan fingerprint density at radius 3 is 2.88 bits per heavy atom. The van der Waals surface area contributed by atoms with Gasteiger partial charge < -0.3 is 5.73 Å². The van der Waals surface area contributed by atoms with Crippen molar-refractivity contribution in [2.75, 3.05) is 0 Å². The third-order valence-electron chi connectivity index (χ3n) is 2.09. The van der Waals surface area contributed by atoms with Crippen LogP contribution in [0, 0.1) is 5.82 Å². The molecule has 2 N–H and O–H groups in total. The second-order valence-corrected chi connectivity index (χ2v) is 3.62. The van der Waals surface area contributed by atoms with E-state index in [4.69, 9.17) is 17.3 Å². The van der Waals surface area contributed by atoms with E-state index in [2.05, 4.69) is 9.97 Å². The molecule has 0 radical (unpaired) electrons. The highest BCUT2D eigenvalue weighted by Crippen LogP contribution is 2.24. The summed E-state index contributed by atoms with van der Waals surface area (Å²) in [6, 6.07) is 5.95. The average Bonchev–Trinajstić information content (AvgIpc) is 2.32. The second-order valence-electron chi connectivity index (χ2n) is 3.19. The molecule has 2 rings (SSSR count). The lowest BCUT2D eigenvalue weighted by molar-refractivity contribution is 0.630. The van der Waals surface area contributed by atoms with Crippen LogP contribution in [0.4, 0.5) is 4.39 Å². The van der Waals surface area contributed by atoms with Gasteiger partial charge in [0.1, 0.15) is 11.6 Å². The smallest absolute Gasteiger partial charge is 0.142 e. The molecule has 82 valence electrons. The van der Waals surface area contributed by atoms with Crippen LogP contribution in [-0.4, -0.2) is 9.97 Å². The fourth-order valence-corrected chi connectivity index (χ4v) is 1.51. The number of aromatic nitrogens is 2. The van der Waals surface area contributed by atoms with Gasteiger partial charge in [-0.3, -0.25) is 0 Å². The van der Waals surface area contributed by atoms with E-state index in [9.17, 15) is 4.39 Å². The topological polar surface area (TPSA) is 51.8 Å². The molecule has 0 saturated heterocycles. The van der Waals surface area contributed by atoms with Crippen LogP contribution in [0.25, 0.3) is 11.3 Å². The van der Waals surface area contributed by atoms with E-state index >= 15 is 0 Å². The van der Waals surface area contributed by atoms with Crippen molar-refractivity contribution in [2.24, 2.45) is 5.73 Å². The van der Waals surface area contributed by atoms with Gasteiger partial charge in [0.05, 0.1) is 12.2 Å². The maximum Gasteiger partial charge on any atom is 0.142 e. The summed E-state index contributed by atoms with van der Waals surface area (Å²) in [7, 11) is 0. The molecule has 16 heavy (non-hydrogen) atoms. The van der Waals surface area contributed by atoms with Crippen molar-refractivity contribution >= 4 is 11.6 Å². The predicted molar refractivity (Wildman–Crippen MR) is 60.3 cm³/mol. The van der Waals surface area contributed by atoms with Crippen molar-refractivity contribution in [3.63, 3.8) is 0 Å². The minimum absolute atomic E-state index is 0.218. The van der Waals surface area contributed by atoms with Crippen molar-refractivity contribution < 1.29 is 4.39 Å². The number of hydrogen-bond acceptors (Lipinski definition) is 3. The summed E-state index contributed by atoms with van der Waals surface area (Å²) in [6.07, 6.45) is 1.55.